The Morgan fingerprint density at radius 1 is 1.22 bits per heavy atom. The molecule has 6 heteroatoms. The summed E-state index contributed by atoms with van der Waals surface area (Å²) in [6, 6.07) is 12.8. The van der Waals surface area contributed by atoms with Crippen molar-refractivity contribution in [2.45, 2.75) is 38.2 Å². The van der Waals surface area contributed by atoms with Crippen molar-refractivity contribution in [3.63, 3.8) is 0 Å². The van der Waals surface area contributed by atoms with Crippen molar-refractivity contribution in [3.8, 4) is 5.75 Å². The van der Waals surface area contributed by atoms with Gasteiger partial charge in [-0.05, 0) is 56.5 Å². The van der Waals surface area contributed by atoms with E-state index in [0.29, 0.717) is 24.5 Å². The Balaban J connectivity index is 1.74. The van der Waals surface area contributed by atoms with E-state index in [1.807, 2.05) is 29.2 Å². The fourth-order valence-electron chi connectivity index (χ4n) is 3.26. The van der Waals surface area contributed by atoms with Crippen LogP contribution in [0.2, 0.25) is 0 Å². The minimum absolute atomic E-state index is 0.0558. The summed E-state index contributed by atoms with van der Waals surface area (Å²) >= 11 is 0. The van der Waals surface area contributed by atoms with E-state index < -0.39 is 11.6 Å². The van der Waals surface area contributed by atoms with Crippen LogP contribution < -0.4 is 4.74 Å². The first-order valence-corrected chi connectivity index (χ1v) is 9.09. The highest BCUT2D eigenvalue weighted by Gasteiger charge is 2.30. The summed E-state index contributed by atoms with van der Waals surface area (Å²) in [5, 5.41) is 9.25. The normalized spacial score (nSPS) is 17.4. The fraction of sp³-hybridized carbons (Fsp3) is 0.381. The summed E-state index contributed by atoms with van der Waals surface area (Å²) in [4.78, 5) is 30.0. The molecule has 1 aromatic heterocycles. The van der Waals surface area contributed by atoms with Gasteiger partial charge < -0.3 is 14.7 Å². The number of aliphatic carboxylic acids is 1. The number of piperidine rings is 1. The quantitative estimate of drug-likeness (QED) is 0.875. The third-order valence-electron chi connectivity index (χ3n) is 4.81. The number of rotatable bonds is 5. The van der Waals surface area contributed by atoms with Crippen molar-refractivity contribution in [3.05, 3.63) is 59.9 Å². The van der Waals surface area contributed by atoms with Gasteiger partial charge in [-0.25, -0.2) is 4.79 Å². The molecule has 6 nitrogen and oxygen atoms in total. The van der Waals surface area contributed by atoms with Crippen LogP contribution >= 0.6 is 0 Å². The number of carbonyl (C=O) groups excluding carboxylic acids is 1. The molecule has 2 aromatic rings. The lowest BCUT2D eigenvalue weighted by atomic mass is 9.90. The van der Waals surface area contributed by atoms with Crippen molar-refractivity contribution in [1.82, 2.24) is 9.88 Å². The van der Waals surface area contributed by atoms with Gasteiger partial charge in [0.1, 0.15) is 11.4 Å². The van der Waals surface area contributed by atoms with E-state index >= 15 is 0 Å². The zero-order valence-electron chi connectivity index (χ0n) is 15.6. The molecular formula is C21H24N2O4. The van der Waals surface area contributed by atoms with Crippen LogP contribution in [0.5, 0.6) is 5.75 Å². The van der Waals surface area contributed by atoms with Gasteiger partial charge in [-0.1, -0.05) is 18.2 Å². The summed E-state index contributed by atoms with van der Waals surface area (Å²) in [5.74, 6) is -0.367. The van der Waals surface area contributed by atoms with Crippen LogP contribution in [0.1, 0.15) is 48.7 Å². The first-order chi connectivity index (χ1) is 12.9. The largest absolute Gasteiger partial charge is 0.478 e. The standard InChI is InChI=1S/C21H24N2O4/c1-21(2,20(25)26)27-17-9-5-7-15(13-17)16-8-6-12-23(14-16)19(24)18-10-3-4-11-22-18/h3-5,7,9-11,13,16H,6,8,12,14H2,1-2H3,(H,25,26). The maximum Gasteiger partial charge on any atom is 0.347 e. The topological polar surface area (TPSA) is 79.7 Å². The van der Waals surface area contributed by atoms with Crippen molar-refractivity contribution in [1.29, 1.82) is 0 Å². The molecule has 1 aromatic carbocycles. The van der Waals surface area contributed by atoms with Gasteiger partial charge in [0.15, 0.2) is 5.60 Å². The van der Waals surface area contributed by atoms with Gasteiger partial charge in [0.2, 0.25) is 0 Å². The fourth-order valence-corrected chi connectivity index (χ4v) is 3.26. The second-order valence-corrected chi connectivity index (χ2v) is 7.30. The lowest BCUT2D eigenvalue weighted by molar-refractivity contribution is -0.152. The molecule has 0 saturated carbocycles. The van der Waals surface area contributed by atoms with Gasteiger partial charge in [-0.2, -0.15) is 0 Å². The highest BCUT2D eigenvalue weighted by Crippen LogP contribution is 2.30. The second kappa shape index (κ2) is 7.78. The minimum atomic E-state index is -1.30. The maximum absolute atomic E-state index is 12.7. The predicted octanol–water partition coefficient (Wildman–Crippen LogP) is 3.34. The smallest absolute Gasteiger partial charge is 0.347 e. The molecule has 0 radical (unpaired) electrons. The molecule has 1 unspecified atom stereocenters. The number of carboxylic acids is 1. The summed E-state index contributed by atoms with van der Waals surface area (Å²) in [7, 11) is 0. The van der Waals surface area contributed by atoms with Crippen LogP contribution in [0.15, 0.2) is 48.7 Å². The average molecular weight is 368 g/mol. The lowest BCUT2D eigenvalue weighted by Gasteiger charge is -2.33. The van der Waals surface area contributed by atoms with Crippen molar-refractivity contribution >= 4 is 11.9 Å². The Labute approximate surface area is 158 Å². The molecule has 1 fully saturated rings. The lowest BCUT2D eigenvalue weighted by Crippen LogP contribution is -2.39. The number of carbonyl (C=O) groups is 2. The summed E-state index contributed by atoms with van der Waals surface area (Å²) < 4.78 is 5.65. The molecule has 1 N–H and O–H groups in total. The molecule has 2 heterocycles. The highest BCUT2D eigenvalue weighted by atomic mass is 16.5. The number of hydrogen-bond donors (Lipinski definition) is 1. The van der Waals surface area contributed by atoms with Gasteiger partial charge in [-0.3, -0.25) is 9.78 Å². The van der Waals surface area contributed by atoms with Gasteiger partial charge in [0.25, 0.3) is 5.91 Å². The van der Waals surface area contributed by atoms with Gasteiger partial charge >= 0.3 is 5.97 Å². The Morgan fingerprint density at radius 2 is 2.04 bits per heavy atom. The van der Waals surface area contributed by atoms with Gasteiger partial charge in [-0.15, -0.1) is 0 Å². The van der Waals surface area contributed by atoms with Crippen LogP contribution in [0.25, 0.3) is 0 Å². The third-order valence-corrected chi connectivity index (χ3v) is 4.81. The van der Waals surface area contributed by atoms with Crippen LogP contribution in [0.4, 0.5) is 0 Å². The number of hydrogen-bond acceptors (Lipinski definition) is 4. The van der Waals surface area contributed by atoms with E-state index in [4.69, 9.17) is 4.74 Å². The van der Waals surface area contributed by atoms with Gasteiger partial charge in [0, 0.05) is 25.2 Å². The van der Waals surface area contributed by atoms with Crippen LogP contribution in [0.3, 0.4) is 0 Å². The molecule has 1 aliphatic rings. The SMILES string of the molecule is CC(C)(Oc1cccc(C2CCCN(C(=O)c3ccccn3)C2)c1)C(=O)O. The third kappa shape index (κ3) is 4.45. The number of pyridine rings is 1. The minimum Gasteiger partial charge on any atom is -0.478 e. The van der Waals surface area contributed by atoms with E-state index in [9.17, 15) is 14.7 Å². The Morgan fingerprint density at radius 3 is 2.74 bits per heavy atom. The highest BCUT2D eigenvalue weighted by molar-refractivity contribution is 5.92. The molecule has 27 heavy (non-hydrogen) atoms. The molecule has 1 aliphatic heterocycles. The van der Waals surface area contributed by atoms with E-state index in [-0.39, 0.29) is 11.8 Å². The monoisotopic (exact) mass is 368 g/mol. The van der Waals surface area contributed by atoms with E-state index in [1.165, 1.54) is 13.8 Å². The number of ether oxygens (including phenoxy) is 1. The Hall–Kier alpha value is -2.89. The first kappa shape index (κ1) is 18.9. The number of benzene rings is 1. The van der Waals surface area contributed by atoms with Crippen LogP contribution in [0, 0.1) is 0 Å². The van der Waals surface area contributed by atoms with E-state index in [1.54, 1.807) is 24.4 Å². The number of likely N-dealkylation sites (tertiary alicyclic amines) is 1. The van der Waals surface area contributed by atoms with Crippen molar-refractivity contribution in [2.75, 3.05) is 13.1 Å². The Kier molecular flexibility index (Phi) is 5.44. The van der Waals surface area contributed by atoms with E-state index in [2.05, 4.69) is 4.98 Å². The number of aromatic nitrogens is 1. The first-order valence-electron chi connectivity index (χ1n) is 9.09. The molecule has 0 bridgehead atoms. The second-order valence-electron chi connectivity index (χ2n) is 7.30. The van der Waals surface area contributed by atoms with Crippen LogP contribution in [-0.2, 0) is 4.79 Å². The number of nitrogens with zero attached hydrogens (tertiary/aromatic N) is 2. The number of carboxylic acid groups (broad SMARTS) is 1. The molecular weight excluding hydrogens is 344 g/mol. The summed E-state index contributed by atoms with van der Waals surface area (Å²) in [5.41, 5.74) is 0.206. The van der Waals surface area contributed by atoms with Gasteiger partial charge in [0.05, 0.1) is 0 Å². The molecule has 3 rings (SSSR count). The molecule has 1 amide bonds. The molecule has 0 aliphatic carbocycles. The maximum atomic E-state index is 12.7. The number of amides is 1. The van der Waals surface area contributed by atoms with Crippen molar-refractivity contribution < 1.29 is 19.4 Å². The molecule has 1 atom stereocenters. The summed E-state index contributed by atoms with van der Waals surface area (Å²) in [6.07, 6.45) is 3.51. The van der Waals surface area contributed by atoms with E-state index in [0.717, 1.165) is 18.4 Å². The van der Waals surface area contributed by atoms with Crippen molar-refractivity contribution in [2.24, 2.45) is 0 Å². The average Bonchev–Trinajstić information content (AvgIpc) is 2.68. The molecule has 142 valence electrons. The van der Waals surface area contributed by atoms with Crippen LogP contribution in [-0.4, -0.2) is 45.6 Å². The Bertz CT molecular complexity index is 820. The zero-order chi connectivity index (χ0) is 19.4. The predicted molar refractivity (Wildman–Crippen MR) is 101 cm³/mol. The molecule has 1 saturated heterocycles. The molecule has 0 spiro atoms. The zero-order valence-corrected chi connectivity index (χ0v) is 15.6. The summed E-state index contributed by atoms with van der Waals surface area (Å²) in [6.45, 7) is 4.38.